The number of rotatable bonds is 5. The Bertz CT molecular complexity index is 567. The predicted molar refractivity (Wildman–Crippen MR) is 77.8 cm³/mol. The van der Waals surface area contributed by atoms with Crippen molar-refractivity contribution in [2.75, 3.05) is 17.2 Å². The molecule has 6 heteroatoms. The quantitative estimate of drug-likeness (QED) is 0.881. The Labute approximate surface area is 116 Å². The van der Waals surface area contributed by atoms with Gasteiger partial charge in [0, 0.05) is 11.9 Å². The minimum Gasteiger partial charge on any atom is -0.370 e. The highest BCUT2D eigenvalue weighted by molar-refractivity contribution is 7.13. The second-order valence-electron chi connectivity index (χ2n) is 4.08. The number of aromatic nitrogens is 2. The third-order valence-electron chi connectivity index (χ3n) is 2.38. The zero-order valence-corrected chi connectivity index (χ0v) is 11.8. The molecule has 0 aliphatic rings. The summed E-state index contributed by atoms with van der Waals surface area (Å²) in [6.07, 6.45) is 1.01. The number of hydrogen-bond donors (Lipinski definition) is 2. The summed E-state index contributed by atoms with van der Waals surface area (Å²) < 4.78 is 0. The summed E-state index contributed by atoms with van der Waals surface area (Å²) >= 11 is 1.40. The second kappa shape index (κ2) is 6.29. The van der Waals surface area contributed by atoms with Gasteiger partial charge in [-0.2, -0.15) is 0 Å². The third-order valence-corrected chi connectivity index (χ3v) is 3.25. The Morgan fingerprint density at radius 1 is 1.37 bits per heavy atom. The standard InChI is InChI=1S/C13H16N4OS/c1-3-7-14-11-6-4-5-10(16-11)12(18)17-13-15-9(2)8-19-13/h4-6,8H,3,7H2,1-2H3,(H,14,16)(H,15,17,18). The Kier molecular flexibility index (Phi) is 4.46. The Morgan fingerprint density at radius 2 is 2.21 bits per heavy atom. The van der Waals surface area contributed by atoms with Crippen molar-refractivity contribution in [1.29, 1.82) is 0 Å². The number of aryl methyl sites for hydroxylation is 1. The summed E-state index contributed by atoms with van der Waals surface area (Å²) in [6, 6.07) is 5.35. The van der Waals surface area contributed by atoms with Crippen LogP contribution in [0.1, 0.15) is 29.5 Å². The van der Waals surface area contributed by atoms with E-state index in [4.69, 9.17) is 0 Å². The molecule has 2 aromatic rings. The molecule has 19 heavy (non-hydrogen) atoms. The monoisotopic (exact) mass is 276 g/mol. The van der Waals surface area contributed by atoms with Gasteiger partial charge >= 0.3 is 0 Å². The summed E-state index contributed by atoms with van der Waals surface area (Å²) in [7, 11) is 0. The van der Waals surface area contributed by atoms with E-state index in [1.807, 2.05) is 24.4 Å². The number of carbonyl (C=O) groups excluding carboxylic acids is 1. The number of amides is 1. The van der Waals surface area contributed by atoms with Crippen molar-refractivity contribution in [3.63, 3.8) is 0 Å². The van der Waals surface area contributed by atoms with Gasteiger partial charge in [0.1, 0.15) is 11.5 Å². The maximum Gasteiger partial charge on any atom is 0.276 e. The molecule has 0 saturated carbocycles. The van der Waals surface area contributed by atoms with Gasteiger partial charge in [-0.1, -0.05) is 13.0 Å². The summed E-state index contributed by atoms with van der Waals surface area (Å²) in [6.45, 7) is 4.80. The summed E-state index contributed by atoms with van der Waals surface area (Å²) in [5.41, 5.74) is 1.28. The zero-order chi connectivity index (χ0) is 13.7. The van der Waals surface area contributed by atoms with Gasteiger partial charge in [-0.3, -0.25) is 10.1 Å². The highest BCUT2D eigenvalue weighted by atomic mass is 32.1. The van der Waals surface area contributed by atoms with Crippen LogP contribution in [0.4, 0.5) is 10.9 Å². The minimum atomic E-state index is -0.241. The zero-order valence-electron chi connectivity index (χ0n) is 10.9. The first-order valence-electron chi connectivity index (χ1n) is 6.13. The van der Waals surface area contributed by atoms with Crippen molar-refractivity contribution in [2.45, 2.75) is 20.3 Å². The van der Waals surface area contributed by atoms with Crippen molar-refractivity contribution >= 4 is 28.2 Å². The van der Waals surface area contributed by atoms with Gasteiger partial charge < -0.3 is 5.32 Å². The lowest BCUT2D eigenvalue weighted by Crippen LogP contribution is -2.14. The van der Waals surface area contributed by atoms with Crippen LogP contribution >= 0.6 is 11.3 Å². The largest absolute Gasteiger partial charge is 0.370 e. The lowest BCUT2D eigenvalue weighted by Gasteiger charge is -2.05. The van der Waals surface area contributed by atoms with Gasteiger partial charge in [0.15, 0.2) is 5.13 Å². The molecule has 5 nitrogen and oxygen atoms in total. The van der Waals surface area contributed by atoms with Crippen molar-refractivity contribution in [3.05, 3.63) is 35.0 Å². The fourth-order valence-electron chi connectivity index (χ4n) is 1.49. The molecule has 0 atom stereocenters. The third kappa shape index (κ3) is 3.75. The van der Waals surface area contributed by atoms with Gasteiger partial charge in [0.2, 0.25) is 0 Å². The van der Waals surface area contributed by atoms with E-state index in [0.29, 0.717) is 16.6 Å². The topological polar surface area (TPSA) is 66.9 Å². The fraction of sp³-hybridized carbons (Fsp3) is 0.308. The molecule has 0 radical (unpaired) electrons. The van der Waals surface area contributed by atoms with Crippen molar-refractivity contribution < 1.29 is 4.79 Å². The molecule has 100 valence electrons. The average Bonchev–Trinajstić information content (AvgIpc) is 2.82. The molecule has 2 heterocycles. The lowest BCUT2D eigenvalue weighted by molar-refractivity contribution is 0.102. The minimum absolute atomic E-state index is 0.241. The van der Waals surface area contributed by atoms with E-state index in [2.05, 4.69) is 27.5 Å². The van der Waals surface area contributed by atoms with Crippen molar-refractivity contribution in [1.82, 2.24) is 9.97 Å². The van der Waals surface area contributed by atoms with Gasteiger partial charge in [-0.05, 0) is 25.5 Å². The van der Waals surface area contributed by atoms with Gasteiger partial charge in [0.05, 0.1) is 5.69 Å². The molecule has 0 aromatic carbocycles. The van der Waals surface area contributed by atoms with Crippen LogP contribution in [-0.4, -0.2) is 22.4 Å². The number of nitrogens with zero attached hydrogens (tertiary/aromatic N) is 2. The number of anilines is 2. The molecular weight excluding hydrogens is 260 g/mol. The van der Waals surface area contributed by atoms with Crippen LogP contribution in [0.15, 0.2) is 23.6 Å². The smallest absolute Gasteiger partial charge is 0.276 e. The molecule has 0 spiro atoms. The highest BCUT2D eigenvalue weighted by Gasteiger charge is 2.10. The molecule has 0 unspecified atom stereocenters. The normalized spacial score (nSPS) is 10.2. The van der Waals surface area contributed by atoms with E-state index in [-0.39, 0.29) is 5.91 Å². The van der Waals surface area contributed by atoms with E-state index in [1.165, 1.54) is 11.3 Å². The molecule has 1 amide bonds. The van der Waals surface area contributed by atoms with Crippen molar-refractivity contribution in [3.8, 4) is 0 Å². The van der Waals surface area contributed by atoms with Gasteiger partial charge in [-0.25, -0.2) is 9.97 Å². The second-order valence-corrected chi connectivity index (χ2v) is 4.94. The number of nitrogens with one attached hydrogen (secondary N) is 2. The molecule has 2 aromatic heterocycles. The van der Waals surface area contributed by atoms with E-state index in [9.17, 15) is 4.79 Å². The molecule has 2 N–H and O–H groups in total. The fourth-order valence-corrected chi connectivity index (χ4v) is 2.17. The van der Waals surface area contributed by atoms with Crippen LogP contribution in [0.2, 0.25) is 0 Å². The van der Waals surface area contributed by atoms with Crippen molar-refractivity contribution in [2.24, 2.45) is 0 Å². The molecule has 0 aliphatic heterocycles. The highest BCUT2D eigenvalue weighted by Crippen LogP contribution is 2.15. The predicted octanol–water partition coefficient (Wildman–Crippen LogP) is 2.92. The molecular formula is C13H16N4OS. The number of thiazole rings is 1. The summed E-state index contributed by atoms with van der Waals surface area (Å²) in [5, 5.41) is 8.38. The number of pyridine rings is 1. The molecule has 0 saturated heterocycles. The van der Waals surface area contributed by atoms with Gasteiger partial charge in [-0.15, -0.1) is 11.3 Å². The lowest BCUT2D eigenvalue weighted by atomic mass is 10.3. The van der Waals surface area contributed by atoms with Crippen LogP contribution < -0.4 is 10.6 Å². The Balaban J connectivity index is 2.06. The summed E-state index contributed by atoms with van der Waals surface area (Å²) in [4.78, 5) is 20.5. The molecule has 0 fully saturated rings. The SMILES string of the molecule is CCCNc1cccc(C(=O)Nc2nc(C)cs2)n1. The summed E-state index contributed by atoms with van der Waals surface area (Å²) in [5.74, 6) is 0.472. The first-order chi connectivity index (χ1) is 9.19. The Hall–Kier alpha value is -1.95. The van der Waals surface area contributed by atoms with E-state index in [1.54, 1.807) is 6.07 Å². The van der Waals surface area contributed by atoms with Crippen LogP contribution in [0.5, 0.6) is 0 Å². The van der Waals surface area contributed by atoms with Crippen LogP contribution in [0, 0.1) is 6.92 Å². The average molecular weight is 276 g/mol. The first-order valence-corrected chi connectivity index (χ1v) is 7.01. The van der Waals surface area contributed by atoms with Gasteiger partial charge in [0.25, 0.3) is 5.91 Å². The van der Waals surface area contributed by atoms with Crippen LogP contribution in [0.3, 0.4) is 0 Å². The van der Waals surface area contributed by atoms with Crippen LogP contribution in [-0.2, 0) is 0 Å². The van der Waals surface area contributed by atoms with E-state index < -0.39 is 0 Å². The number of carbonyl (C=O) groups is 1. The maximum atomic E-state index is 12.0. The van der Waals surface area contributed by atoms with E-state index >= 15 is 0 Å². The number of hydrogen-bond acceptors (Lipinski definition) is 5. The molecule has 2 rings (SSSR count). The van der Waals surface area contributed by atoms with Crippen LogP contribution in [0.25, 0.3) is 0 Å². The Morgan fingerprint density at radius 3 is 2.89 bits per heavy atom. The first kappa shape index (κ1) is 13.5. The molecule has 0 aliphatic carbocycles. The van der Waals surface area contributed by atoms with E-state index in [0.717, 1.165) is 18.7 Å². The maximum absolute atomic E-state index is 12.0. The molecule has 0 bridgehead atoms.